The summed E-state index contributed by atoms with van der Waals surface area (Å²) in [5, 5.41) is 2.33. The molecule has 1 unspecified atom stereocenters. The van der Waals surface area contributed by atoms with Crippen molar-refractivity contribution in [3.63, 3.8) is 0 Å². The van der Waals surface area contributed by atoms with Crippen LogP contribution in [0.15, 0.2) is 24.3 Å². The number of hydrogen-bond acceptors (Lipinski definition) is 5. The van der Waals surface area contributed by atoms with Crippen molar-refractivity contribution in [3.05, 3.63) is 35.4 Å². The van der Waals surface area contributed by atoms with Crippen molar-refractivity contribution in [2.45, 2.75) is 58.1 Å². The van der Waals surface area contributed by atoms with Crippen LogP contribution in [0.5, 0.6) is 0 Å². The molecule has 8 heteroatoms. The zero-order valence-electron chi connectivity index (χ0n) is 18.1. The number of carbonyl (C=O) groups excluding carboxylic acids is 4. The number of fused-ring (bicyclic) bond motifs is 1. The summed E-state index contributed by atoms with van der Waals surface area (Å²) in [6.07, 6.45) is 3.09. The fourth-order valence-corrected chi connectivity index (χ4v) is 4.33. The molecular formula is C23H27N3O5. The number of piperidine rings is 1. The van der Waals surface area contributed by atoms with Crippen LogP contribution in [0.4, 0.5) is 10.5 Å². The molecule has 3 aliphatic heterocycles. The van der Waals surface area contributed by atoms with Crippen molar-refractivity contribution in [2.75, 3.05) is 18.0 Å². The van der Waals surface area contributed by atoms with Crippen LogP contribution in [0, 0.1) is 0 Å². The largest absolute Gasteiger partial charge is 0.444 e. The van der Waals surface area contributed by atoms with Crippen LogP contribution in [-0.4, -0.2) is 53.4 Å². The van der Waals surface area contributed by atoms with Crippen LogP contribution in [0.3, 0.4) is 0 Å². The molecule has 1 aromatic rings. The van der Waals surface area contributed by atoms with Crippen molar-refractivity contribution in [1.29, 1.82) is 0 Å². The second-order valence-corrected chi connectivity index (χ2v) is 9.12. The number of rotatable bonds is 2. The summed E-state index contributed by atoms with van der Waals surface area (Å²) in [7, 11) is 0. The van der Waals surface area contributed by atoms with Gasteiger partial charge < -0.3 is 9.64 Å². The fourth-order valence-electron chi connectivity index (χ4n) is 4.33. The Kier molecular flexibility index (Phi) is 5.33. The standard InChI is InChI=1S/C23H27N3O5/c1-23(2,3)31-22(30)25-11-9-14(10-12-25)15-5-4-6-17-16(15)13-20(28)26(17)18-7-8-19(27)24-21(18)29/h4-6,9,18H,7-8,10-13H2,1-3H3,(H,24,27,29). The lowest BCUT2D eigenvalue weighted by molar-refractivity contribution is -0.135. The molecule has 8 nitrogen and oxygen atoms in total. The average molecular weight is 425 g/mol. The Morgan fingerprint density at radius 3 is 2.58 bits per heavy atom. The van der Waals surface area contributed by atoms with E-state index in [1.54, 1.807) is 4.90 Å². The van der Waals surface area contributed by atoms with E-state index in [4.69, 9.17) is 4.74 Å². The molecule has 4 rings (SSSR count). The highest BCUT2D eigenvalue weighted by atomic mass is 16.6. The Balaban J connectivity index is 1.56. The second-order valence-electron chi connectivity index (χ2n) is 9.12. The molecule has 0 saturated carbocycles. The van der Waals surface area contributed by atoms with Gasteiger partial charge in [-0.25, -0.2) is 4.79 Å². The third kappa shape index (κ3) is 4.19. The Hall–Kier alpha value is -3.16. The predicted molar refractivity (Wildman–Crippen MR) is 114 cm³/mol. The van der Waals surface area contributed by atoms with E-state index in [1.165, 1.54) is 4.90 Å². The quantitative estimate of drug-likeness (QED) is 0.734. The van der Waals surface area contributed by atoms with Gasteiger partial charge in [-0.15, -0.1) is 0 Å². The van der Waals surface area contributed by atoms with E-state index >= 15 is 0 Å². The first-order chi connectivity index (χ1) is 14.6. The van der Waals surface area contributed by atoms with E-state index in [1.807, 2.05) is 45.0 Å². The molecule has 3 aliphatic rings. The van der Waals surface area contributed by atoms with Gasteiger partial charge in [0.15, 0.2) is 0 Å². The molecule has 1 saturated heterocycles. The second kappa shape index (κ2) is 7.83. The maximum atomic E-state index is 12.8. The van der Waals surface area contributed by atoms with Crippen LogP contribution in [0.2, 0.25) is 0 Å². The highest BCUT2D eigenvalue weighted by molar-refractivity contribution is 6.11. The van der Waals surface area contributed by atoms with Gasteiger partial charge in [0.05, 0.1) is 6.42 Å². The van der Waals surface area contributed by atoms with E-state index < -0.39 is 17.6 Å². The van der Waals surface area contributed by atoms with Gasteiger partial charge in [0.1, 0.15) is 11.6 Å². The lowest BCUT2D eigenvalue weighted by Crippen LogP contribution is -2.53. The van der Waals surface area contributed by atoms with Gasteiger partial charge >= 0.3 is 6.09 Å². The van der Waals surface area contributed by atoms with Gasteiger partial charge in [-0.2, -0.15) is 0 Å². The SMILES string of the molecule is CC(C)(C)OC(=O)N1CC=C(c2cccc3c2CC(=O)N3C2CCC(=O)NC2=O)CC1. The number of amides is 4. The lowest BCUT2D eigenvalue weighted by Gasteiger charge is -2.31. The van der Waals surface area contributed by atoms with Crippen molar-refractivity contribution >= 4 is 35.1 Å². The van der Waals surface area contributed by atoms with Gasteiger partial charge in [-0.3, -0.25) is 24.6 Å². The monoisotopic (exact) mass is 425 g/mol. The smallest absolute Gasteiger partial charge is 0.410 e. The van der Waals surface area contributed by atoms with E-state index in [0.717, 1.165) is 22.4 Å². The fraction of sp³-hybridized carbons (Fsp3) is 0.478. The minimum atomic E-state index is -0.662. The van der Waals surface area contributed by atoms with Crippen LogP contribution >= 0.6 is 0 Å². The molecule has 1 fully saturated rings. The van der Waals surface area contributed by atoms with Gasteiger partial charge in [0, 0.05) is 25.2 Å². The van der Waals surface area contributed by atoms with Gasteiger partial charge in [0.25, 0.3) is 0 Å². The molecule has 4 amide bonds. The van der Waals surface area contributed by atoms with E-state index in [0.29, 0.717) is 25.9 Å². The number of nitrogens with zero attached hydrogens (tertiary/aromatic N) is 2. The summed E-state index contributed by atoms with van der Waals surface area (Å²) < 4.78 is 5.45. The zero-order valence-corrected chi connectivity index (χ0v) is 18.1. The molecule has 3 heterocycles. The van der Waals surface area contributed by atoms with E-state index in [-0.39, 0.29) is 30.7 Å². The number of imide groups is 1. The van der Waals surface area contributed by atoms with Crippen molar-refractivity contribution in [3.8, 4) is 0 Å². The zero-order chi connectivity index (χ0) is 22.3. The normalized spacial score (nSPS) is 21.6. The van der Waals surface area contributed by atoms with Crippen LogP contribution in [-0.2, 0) is 25.5 Å². The van der Waals surface area contributed by atoms with Gasteiger partial charge in [0.2, 0.25) is 17.7 Å². The molecule has 1 atom stereocenters. The van der Waals surface area contributed by atoms with Crippen molar-refractivity contribution in [2.24, 2.45) is 0 Å². The van der Waals surface area contributed by atoms with Crippen molar-refractivity contribution in [1.82, 2.24) is 10.2 Å². The predicted octanol–water partition coefficient (Wildman–Crippen LogP) is 2.41. The molecule has 1 N–H and O–H groups in total. The lowest BCUT2D eigenvalue weighted by atomic mass is 9.93. The summed E-state index contributed by atoms with van der Waals surface area (Å²) in [5.41, 5.74) is 3.14. The molecule has 0 aromatic heterocycles. The number of benzene rings is 1. The maximum absolute atomic E-state index is 12.8. The number of carbonyl (C=O) groups is 4. The number of ether oxygens (including phenoxy) is 1. The Bertz CT molecular complexity index is 991. The van der Waals surface area contributed by atoms with Crippen LogP contribution in [0.25, 0.3) is 5.57 Å². The van der Waals surface area contributed by atoms with E-state index in [9.17, 15) is 19.2 Å². The van der Waals surface area contributed by atoms with Gasteiger partial charge in [-0.1, -0.05) is 18.2 Å². The first-order valence-electron chi connectivity index (χ1n) is 10.6. The topological polar surface area (TPSA) is 96.0 Å². The highest BCUT2D eigenvalue weighted by Gasteiger charge is 2.40. The minimum absolute atomic E-state index is 0.135. The number of anilines is 1. The van der Waals surface area contributed by atoms with Crippen molar-refractivity contribution < 1.29 is 23.9 Å². The summed E-state index contributed by atoms with van der Waals surface area (Å²) in [6.45, 7) is 6.51. The molecule has 0 spiro atoms. The first kappa shape index (κ1) is 21.1. The maximum Gasteiger partial charge on any atom is 0.410 e. The molecule has 0 radical (unpaired) electrons. The minimum Gasteiger partial charge on any atom is -0.444 e. The molecule has 0 aliphatic carbocycles. The first-order valence-corrected chi connectivity index (χ1v) is 10.6. The van der Waals surface area contributed by atoms with Gasteiger partial charge in [-0.05, 0) is 56.4 Å². The average Bonchev–Trinajstić information content (AvgIpc) is 3.03. The summed E-state index contributed by atoms with van der Waals surface area (Å²) in [6, 6.07) is 5.05. The summed E-state index contributed by atoms with van der Waals surface area (Å²) >= 11 is 0. The summed E-state index contributed by atoms with van der Waals surface area (Å²) in [5.74, 6) is -0.861. The Labute approximate surface area is 181 Å². The molecular weight excluding hydrogens is 398 g/mol. The third-order valence-electron chi connectivity index (χ3n) is 5.74. The number of hydrogen-bond donors (Lipinski definition) is 1. The highest BCUT2D eigenvalue weighted by Crippen LogP contribution is 2.38. The molecule has 0 bridgehead atoms. The molecule has 164 valence electrons. The summed E-state index contributed by atoms with van der Waals surface area (Å²) in [4.78, 5) is 52.2. The van der Waals surface area contributed by atoms with Crippen LogP contribution in [0.1, 0.15) is 51.2 Å². The number of nitrogens with one attached hydrogen (secondary N) is 1. The Morgan fingerprint density at radius 1 is 1.16 bits per heavy atom. The molecule has 1 aromatic carbocycles. The van der Waals surface area contributed by atoms with E-state index in [2.05, 4.69) is 5.32 Å². The van der Waals surface area contributed by atoms with Crippen LogP contribution < -0.4 is 10.2 Å². The Morgan fingerprint density at radius 2 is 1.94 bits per heavy atom. The third-order valence-corrected chi connectivity index (χ3v) is 5.74. The molecule has 31 heavy (non-hydrogen) atoms.